The first-order valence-corrected chi connectivity index (χ1v) is 26.2. The number of hydrogen-bond acceptors (Lipinski definition) is 10. The molecule has 7 rings (SSSR count). The molecule has 2 saturated heterocycles. The normalized spacial score (nSPS) is 22.1. The lowest BCUT2D eigenvalue weighted by atomic mass is 9.91. The van der Waals surface area contributed by atoms with Crippen LogP contribution in [0.4, 0.5) is 0 Å². The monoisotopic (exact) mass is 1040 g/mol. The predicted octanol–water partition coefficient (Wildman–Crippen LogP) is 2.96. The van der Waals surface area contributed by atoms with E-state index in [2.05, 4.69) is 46.9 Å². The quantitative estimate of drug-likeness (QED) is 0.0739. The Kier molecular flexibility index (Phi) is 19.7. The van der Waals surface area contributed by atoms with Gasteiger partial charge in [0.25, 0.3) is 0 Å². The molecule has 5 aromatic rings. The number of carbonyl (C=O) groups is 9. The summed E-state index contributed by atoms with van der Waals surface area (Å²) in [6, 6.07) is 19.5. The van der Waals surface area contributed by atoms with Gasteiger partial charge in [0.15, 0.2) is 5.78 Å². The molecule has 2 aromatic heterocycles. The number of unbranched alkanes of at least 4 members (excludes halogenated alkanes) is 1. The fourth-order valence-electron chi connectivity index (χ4n) is 9.90. The van der Waals surface area contributed by atoms with Gasteiger partial charge < -0.3 is 52.5 Å². The van der Waals surface area contributed by atoms with Crippen molar-refractivity contribution >= 4 is 63.9 Å². The Labute approximate surface area is 441 Å². The number of imidazole rings is 1. The third-order valence-electron chi connectivity index (χ3n) is 14.0. The summed E-state index contributed by atoms with van der Waals surface area (Å²) in [5.41, 5.74) is 10.3. The number of ketones is 1. The molecule has 76 heavy (non-hydrogen) atoms. The molecular formula is C56H69N11O9. The second kappa shape index (κ2) is 26.9. The molecule has 0 bridgehead atoms. The average Bonchev–Trinajstić information content (AvgIpc) is 4.21. The van der Waals surface area contributed by atoms with Crippen LogP contribution in [-0.4, -0.2) is 122 Å². The number of aromatic nitrogens is 3. The van der Waals surface area contributed by atoms with Gasteiger partial charge in [0.2, 0.25) is 47.3 Å². The number of nitrogens with two attached hydrogens (primary N) is 1. The zero-order valence-electron chi connectivity index (χ0n) is 43.0. The fraction of sp³-hybridized carbons (Fsp3) is 0.429. The first-order valence-electron chi connectivity index (χ1n) is 26.2. The fourth-order valence-corrected chi connectivity index (χ4v) is 9.90. The molecule has 20 heteroatoms. The molecule has 20 nitrogen and oxygen atoms in total. The van der Waals surface area contributed by atoms with Gasteiger partial charge in [-0.3, -0.25) is 43.2 Å². The van der Waals surface area contributed by atoms with Gasteiger partial charge in [0, 0.05) is 75.2 Å². The van der Waals surface area contributed by atoms with E-state index >= 15 is 4.79 Å². The molecule has 0 saturated carbocycles. The van der Waals surface area contributed by atoms with Crippen LogP contribution in [0.2, 0.25) is 0 Å². The molecule has 0 radical (unpaired) electrons. The highest BCUT2D eigenvalue weighted by Crippen LogP contribution is 2.24. The molecule has 8 amide bonds. The van der Waals surface area contributed by atoms with Crippen molar-refractivity contribution in [3.8, 4) is 11.1 Å². The minimum atomic E-state index is -1.38. The summed E-state index contributed by atoms with van der Waals surface area (Å²) in [4.78, 5) is 138. The maximum atomic E-state index is 15.1. The van der Waals surface area contributed by atoms with Gasteiger partial charge in [-0.1, -0.05) is 92.6 Å². The van der Waals surface area contributed by atoms with Crippen molar-refractivity contribution in [2.24, 2.45) is 11.7 Å². The van der Waals surface area contributed by atoms with E-state index in [9.17, 15) is 38.4 Å². The molecule has 0 unspecified atom stereocenters. The van der Waals surface area contributed by atoms with Crippen LogP contribution in [0.25, 0.3) is 22.0 Å². The standard InChI is InChI=1S/C56H69N11O9/c1-3-4-16-43(61-34(2)68)49(69)28-39-29-50(70)59-24-11-10-18-44(51(57)71)63-53(73)45(30-40-27-38-15-8-9-17-42(38)62-40)65-55(75)48-19-12-25-67(48)56(76)47(26-35-20-22-37(23-21-35)36-13-6-5-7-14-36)66-54(74)46(64-52(39)72)31-41-32-58-33-60-41/h5-9,13-15,17,20-23,27,32-33,39,43-48,62H,3-4,10-12,16,18-19,24-26,28-31H2,1-2H3,(H2,57,71)(H,58,60)(H,59,70)(H,61,68)(H,63,73)(H,64,72)(H,65,75)(H,66,74)/t39-,43-,44-,45-,46-,47+,48-/m0/s1. The topological polar surface area (TPSA) is 300 Å². The third-order valence-corrected chi connectivity index (χ3v) is 14.0. The Balaban J connectivity index is 1.24. The van der Waals surface area contributed by atoms with Crippen molar-refractivity contribution in [1.29, 1.82) is 0 Å². The molecule has 402 valence electrons. The minimum Gasteiger partial charge on any atom is -0.368 e. The van der Waals surface area contributed by atoms with Crippen LogP contribution < -0.4 is 37.6 Å². The maximum Gasteiger partial charge on any atom is 0.246 e. The van der Waals surface area contributed by atoms with E-state index in [-0.39, 0.29) is 45.2 Å². The maximum absolute atomic E-state index is 15.1. The molecular weight excluding hydrogens is 971 g/mol. The number of fused-ring (bicyclic) bond motifs is 2. The van der Waals surface area contributed by atoms with E-state index in [0.29, 0.717) is 49.1 Å². The average molecular weight is 1040 g/mol. The van der Waals surface area contributed by atoms with Gasteiger partial charge in [-0.15, -0.1) is 0 Å². The smallest absolute Gasteiger partial charge is 0.246 e. The SMILES string of the molecule is CCCC[C@H](NC(C)=O)C(=O)C[C@H]1CC(=O)NCCCC[C@@H](C(N)=O)NC(=O)[C@H](Cc2cc3ccccc3[nH]2)NC(=O)[C@@H]2CCCN2C(=O)[C@@H](Cc2ccc(-c3ccccc3)cc2)NC(=O)[C@H](Cc2cnc[nH]2)NC1=O. The number of rotatable bonds is 15. The van der Waals surface area contributed by atoms with Gasteiger partial charge in [-0.25, -0.2) is 4.98 Å². The van der Waals surface area contributed by atoms with Gasteiger partial charge in [0.05, 0.1) is 18.3 Å². The van der Waals surface area contributed by atoms with Crippen molar-refractivity contribution in [3.63, 3.8) is 0 Å². The molecule has 3 aromatic carbocycles. The summed E-state index contributed by atoms with van der Waals surface area (Å²) in [7, 11) is 0. The summed E-state index contributed by atoms with van der Waals surface area (Å²) < 4.78 is 0. The zero-order chi connectivity index (χ0) is 54.1. The molecule has 2 fully saturated rings. The summed E-state index contributed by atoms with van der Waals surface area (Å²) in [5.74, 6) is -7.07. The van der Waals surface area contributed by atoms with Crippen LogP contribution in [0, 0.1) is 5.92 Å². The van der Waals surface area contributed by atoms with Crippen LogP contribution in [0.1, 0.15) is 95.0 Å². The second-order valence-corrected chi connectivity index (χ2v) is 19.8. The molecule has 2 aliphatic rings. The summed E-state index contributed by atoms with van der Waals surface area (Å²) >= 11 is 0. The van der Waals surface area contributed by atoms with Crippen LogP contribution >= 0.6 is 0 Å². The van der Waals surface area contributed by atoms with Crippen molar-refractivity contribution < 1.29 is 43.2 Å². The van der Waals surface area contributed by atoms with Crippen LogP contribution in [-0.2, 0) is 62.4 Å². The summed E-state index contributed by atoms with van der Waals surface area (Å²) in [6.45, 7) is 3.46. The second-order valence-electron chi connectivity index (χ2n) is 19.8. The number of H-pyrrole nitrogens is 2. The number of primary amides is 1. The van der Waals surface area contributed by atoms with Crippen molar-refractivity contribution in [3.05, 3.63) is 114 Å². The highest BCUT2D eigenvalue weighted by atomic mass is 16.2. The molecule has 10 N–H and O–H groups in total. The number of para-hydroxylation sites is 1. The van der Waals surface area contributed by atoms with Crippen LogP contribution in [0.3, 0.4) is 0 Å². The Morgan fingerprint density at radius 2 is 1.43 bits per heavy atom. The van der Waals surface area contributed by atoms with Gasteiger partial charge in [-0.05, 0) is 72.7 Å². The zero-order valence-corrected chi connectivity index (χ0v) is 43.0. The molecule has 4 heterocycles. The Morgan fingerprint density at radius 3 is 2.13 bits per heavy atom. The number of amides is 8. The number of aromatic amines is 2. The number of hydrogen-bond donors (Lipinski definition) is 9. The minimum absolute atomic E-state index is 0.00917. The number of nitrogens with zero attached hydrogens (tertiary/aromatic N) is 2. The highest BCUT2D eigenvalue weighted by Gasteiger charge is 2.41. The first-order chi connectivity index (χ1) is 36.6. The third kappa shape index (κ3) is 15.5. The molecule has 7 atom stereocenters. The summed E-state index contributed by atoms with van der Waals surface area (Å²) in [6.07, 6.45) is 4.82. The van der Waals surface area contributed by atoms with Crippen molar-refractivity contribution in [2.75, 3.05) is 13.1 Å². The summed E-state index contributed by atoms with van der Waals surface area (Å²) in [5, 5.41) is 17.6. The number of carbonyl (C=O) groups excluding carboxylic acids is 9. The lowest BCUT2D eigenvalue weighted by Gasteiger charge is -2.31. The van der Waals surface area contributed by atoms with E-state index in [4.69, 9.17) is 5.73 Å². The number of benzene rings is 3. The van der Waals surface area contributed by atoms with E-state index in [0.717, 1.165) is 28.5 Å². The predicted molar refractivity (Wildman–Crippen MR) is 283 cm³/mol. The van der Waals surface area contributed by atoms with E-state index in [1.165, 1.54) is 24.3 Å². The van der Waals surface area contributed by atoms with E-state index in [1.54, 1.807) is 0 Å². The Hall–Kier alpha value is -8.16. The van der Waals surface area contributed by atoms with E-state index < -0.39 is 108 Å². The van der Waals surface area contributed by atoms with Crippen LogP contribution in [0.15, 0.2) is 97.5 Å². The molecule has 2 aliphatic heterocycles. The largest absolute Gasteiger partial charge is 0.368 e. The first kappa shape index (κ1) is 55.6. The number of nitrogens with one attached hydrogen (secondary N) is 8. The van der Waals surface area contributed by atoms with E-state index in [1.807, 2.05) is 91.9 Å². The Bertz CT molecular complexity index is 2800. The van der Waals surface area contributed by atoms with Gasteiger partial charge in [-0.2, -0.15) is 0 Å². The Morgan fingerprint density at radius 1 is 0.750 bits per heavy atom. The van der Waals surface area contributed by atoms with Crippen LogP contribution in [0.5, 0.6) is 0 Å². The molecule has 0 aliphatic carbocycles. The van der Waals surface area contributed by atoms with Crippen molar-refractivity contribution in [1.82, 2.24) is 51.8 Å². The highest BCUT2D eigenvalue weighted by molar-refractivity contribution is 5.98. The lowest BCUT2D eigenvalue weighted by Crippen LogP contribution is -2.59. The van der Waals surface area contributed by atoms with Gasteiger partial charge >= 0.3 is 0 Å². The van der Waals surface area contributed by atoms with Gasteiger partial charge in [0.1, 0.15) is 30.2 Å². The lowest BCUT2D eigenvalue weighted by molar-refractivity contribution is -0.142. The number of Topliss-reactive ketones (excluding diaryl/α,β-unsaturated/α-hetero) is 1. The van der Waals surface area contributed by atoms with Crippen molar-refractivity contribution in [2.45, 2.75) is 134 Å². The molecule has 0 spiro atoms.